The van der Waals surface area contributed by atoms with Crippen LogP contribution in [0.25, 0.3) is 22.0 Å². The molecule has 2 N–H and O–H groups in total. The monoisotopic (exact) mass is 352 g/mol. The van der Waals surface area contributed by atoms with Crippen molar-refractivity contribution in [2.75, 3.05) is 0 Å². The van der Waals surface area contributed by atoms with Crippen molar-refractivity contribution in [1.82, 2.24) is 10.3 Å². The van der Waals surface area contributed by atoms with Crippen LogP contribution in [0.2, 0.25) is 5.02 Å². The molecule has 1 aliphatic rings. The molecule has 3 aromatic rings. The average Bonchev–Trinajstić information content (AvgIpc) is 3.02. The van der Waals surface area contributed by atoms with E-state index in [1.54, 1.807) is 0 Å². The summed E-state index contributed by atoms with van der Waals surface area (Å²) in [5.41, 5.74) is 2.61. The number of amides is 1. The number of carbonyl (C=O) groups is 1. The van der Waals surface area contributed by atoms with Gasteiger partial charge in [-0.25, -0.2) is 0 Å². The van der Waals surface area contributed by atoms with Crippen LogP contribution in [0, 0.1) is 0 Å². The van der Waals surface area contributed by atoms with Gasteiger partial charge in [0.1, 0.15) is 5.69 Å². The van der Waals surface area contributed by atoms with Gasteiger partial charge in [0.2, 0.25) is 0 Å². The number of rotatable bonds is 3. The van der Waals surface area contributed by atoms with E-state index in [0.29, 0.717) is 10.7 Å². The van der Waals surface area contributed by atoms with Crippen molar-refractivity contribution >= 4 is 28.3 Å². The third-order valence-electron chi connectivity index (χ3n) is 5.00. The summed E-state index contributed by atoms with van der Waals surface area (Å²) in [4.78, 5) is 16.2. The van der Waals surface area contributed by atoms with Crippen LogP contribution in [0.15, 0.2) is 48.5 Å². The molecule has 1 fully saturated rings. The van der Waals surface area contributed by atoms with Crippen LogP contribution >= 0.6 is 11.6 Å². The molecule has 0 spiro atoms. The van der Waals surface area contributed by atoms with Gasteiger partial charge in [-0.15, -0.1) is 0 Å². The van der Waals surface area contributed by atoms with Crippen LogP contribution in [0.3, 0.4) is 0 Å². The first kappa shape index (κ1) is 16.2. The first-order chi connectivity index (χ1) is 12.2. The SMILES string of the molecule is O=C(NC1CCCCC1)c1[nH]c(-c2ccccc2)c2cc(Cl)ccc12. The maximum atomic E-state index is 12.9. The first-order valence-electron chi connectivity index (χ1n) is 8.90. The Morgan fingerprint density at radius 2 is 1.76 bits per heavy atom. The lowest BCUT2D eigenvalue weighted by Crippen LogP contribution is -2.36. The standard InChI is InChI=1S/C21H21ClN2O/c22-15-11-12-17-18(13-15)19(14-7-3-1-4-8-14)24-20(17)21(25)23-16-9-5-2-6-10-16/h1,3-4,7-8,11-13,16,24H,2,5-6,9-10H2,(H,23,25). The summed E-state index contributed by atoms with van der Waals surface area (Å²) in [6.45, 7) is 0. The van der Waals surface area contributed by atoms with Crippen molar-refractivity contribution in [3.63, 3.8) is 0 Å². The molecule has 4 heteroatoms. The molecule has 0 atom stereocenters. The molecule has 1 heterocycles. The van der Waals surface area contributed by atoms with Gasteiger partial charge in [0.05, 0.1) is 5.69 Å². The van der Waals surface area contributed by atoms with E-state index in [9.17, 15) is 4.79 Å². The summed E-state index contributed by atoms with van der Waals surface area (Å²) >= 11 is 6.21. The molecule has 2 aromatic carbocycles. The molecule has 3 nitrogen and oxygen atoms in total. The number of nitrogens with one attached hydrogen (secondary N) is 2. The second-order valence-corrected chi connectivity index (χ2v) is 7.18. The molecule has 0 saturated heterocycles. The van der Waals surface area contributed by atoms with E-state index in [2.05, 4.69) is 10.3 Å². The molecular weight excluding hydrogens is 332 g/mol. The minimum Gasteiger partial charge on any atom is -0.350 e. The van der Waals surface area contributed by atoms with Crippen LogP contribution in [-0.4, -0.2) is 16.9 Å². The Hall–Kier alpha value is -2.26. The van der Waals surface area contributed by atoms with Crippen molar-refractivity contribution in [2.24, 2.45) is 0 Å². The van der Waals surface area contributed by atoms with Crippen molar-refractivity contribution in [2.45, 2.75) is 38.1 Å². The predicted octanol–water partition coefficient (Wildman–Crippen LogP) is 5.55. The minimum atomic E-state index is -0.0265. The van der Waals surface area contributed by atoms with Crippen LogP contribution in [0.1, 0.15) is 42.6 Å². The molecule has 4 rings (SSSR count). The summed E-state index contributed by atoms with van der Waals surface area (Å²) in [6, 6.07) is 16.0. The summed E-state index contributed by atoms with van der Waals surface area (Å²) in [5.74, 6) is -0.0265. The molecular formula is C21H21ClN2O. The lowest BCUT2D eigenvalue weighted by molar-refractivity contribution is 0.0925. The summed E-state index contributed by atoms with van der Waals surface area (Å²) in [6.07, 6.45) is 5.81. The van der Waals surface area contributed by atoms with Gasteiger partial charge in [0.25, 0.3) is 5.91 Å². The fourth-order valence-corrected chi connectivity index (χ4v) is 3.89. The summed E-state index contributed by atoms with van der Waals surface area (Å²) in [7, 11) is 0. The zero-order chi connectivity index (χ0) is 17.2. The van der Waals surface area contributed by atoms with Crippen molar-refractivity contribution in [3.05, 3.63) is 59.2 Å². The first-order valence-corrected chi connectivity index (χ1v) is 9.27. The van der Waals surface area contributed by atoms with Gasteiger partial charge in [-0.2, -0.15) is 0 Å². The zero-order valence-corrected chi connectivity index (χ0v) is 14.8. The molecule has 1 saturated carbocycles. The van der Waals surface area contributed by atoms with E-state index >= 15 is 0 Å². The number of hydrogen-bond donors (Lipinski definition) is 2. The van der Waals surface area contributed by atoms with Gasteiger partial charge in [-0.05, 0) is 30.5 Å². The highest BCUT2D eigenvalue weighted by Gasteiger charge is 2.21. The van der Waals surface area contributed by atoms with Gasteiger partial charge in [-0.3, -0.25) is 4.79 Å². The molecule has 25 heavy (non-hydrogen) atoms. The Bertz CT molecular complexity index is 895. The second kappa shape index (κ2) is 6.93. The fourth-order valence-electron chi connectivity index (χ4n) is 3.72. The number of benzene rings is 2. The molecule has 128 valence electrons. The zero-order valence-electron chi connectivity index (χ0n) is 14.0. The fraction of sp³-hybridized carbons (Fsp3) is 0.286. The number of carbonyl (C=O) groups excluding carboxylic acids is 1. The van der Waals surface area contributed by atoms with Gasteiger partial charge in [-0.1, -0.05) is 67.3 Å². The molecule has 0 bridgehead atoms. The normalized spacial score (nSPS) is 15.4. The lowest BCUT2D eigenvalue weighted by Gasteiger charge is -2.22. The molecule has 0 radical (unpaired) electrons. The molecule has 0 aliphatic heterocycles. The topological polar surface area (TPSA) is 44.9 Å². The highest BCUT2D eigenvalue weighted by atomic mass is 35.5. The van der Waals surface area contributed by atoms with Gasteiger partial charge in [0.15, 0.2) is 0 Å². The summed E-state index contributed by atoms with van der Waals surface area (Å²) < 4.78 is 0. The summed E-state index contributed by atoms with van der Waals surface area (Å²) in [5, 5.41) is 5.77. The Morgan fingerprint density at radius 3 is 2.52 bits per heavy atom. The number of hydrogen-bond acceptors (Lipinski definition) is 1. The number of aromatic amines is 1. The number of aromatic nitrogens is 1. The minimum absolute atomic E-state index is 0.0265. The largest absolute Gasteiger partial charge is 0.350 e. The number of halogens is 1. The Morgan fingerprint density at radius 1 is 1.00 bits per heavy atom. The third kappa shape index (κ3) is 3.29. The maximum Gasteiger partial charge on any atom is 0.268 e. The Balaban J connectivity index is 1.75. The van der Waals surface area contributed by atoms with E-state index in [4.69, 9.17) is 11.6 Å². The predicted molar refractivity (Wildman–Crippen MR) is 103 cm³/mol. The highest BCUT2D eigenvalue weighted by molar-refractivity contribution is 6.31. The van der Waals surface area contributed by atoms with E-state index in [1.807, 2.05) is 48.5 Å². The highest BCUT2D eigenvalue weighted by Crippen LogP contribution is 2.33. The van der Waals surface area contributed by atoms with E-state index < -0.39 is 0 Å². The van der Waals surface area contributed by atoms with Crippen molar-refractivity contribution < 1.29 is 4.79 Å². The number of fused-ring (bicyclic) bond motifs is 1. The van der Waals surface area contributed by atoms with Crippen LogP contribution in [0.4, 0.5) is 0 Å². The maximum absolute atomic E-state index is 12.9. The van der Waals surface area contributed by atoms with Gasteiger partial charge < -0.3 is 10.3 Å². The van der Waals surface area contributed by atoms with E-state index in [-0.39, 0.29) is 11.9 Å². The van der Waals surface area contributed by atoms with Gasteiger partial charge >= 0.3 is 0 Å². The smallest absolute Gasteiger partial charge is 0.268 e. The Kier molecular flexibility index (Phi) is 4.50. The molecule has 1 aromatic heterocycles. The van der Waals surface area contributed by atoms with Crippen LogP contribution in [-0.2, 0) is 0 Å². The Labute approximate surface area is 152 Å². The molecule has 0 unspecified atom stereocenters. The average molecular weight is 353 g/mol. The second-order valence-electron chi connectivity index (χ2n) is 6.74. The van der Waals surface area contributed by atoms with Crippen molar-refractivity contribution in [1.29, 1.82) is 0 Å². The molecule has 1 aliphatic carbocycles. The number of H-pyrrole nitrogens is 1. The lowest BCUT2D eigenvalue weighted by atomic mass is 9.95. The molecule has 1 amide bonds. The van der Waals surface area contributed by atoms with E-state index in [0.717, 1.165) is 34.9 Å². The van der Waals surface area contributed by atoms with Crippen LogP contribution < -0.4 is 5.32 Å². The van der Waals surface area contributed by atoms with E-state index in [1.165, 1.54) is 19.3 Å². The third-order valence-corrected chi connectivity index (χ3v) is 5.24. The van der Waals surface area contributed by atoms with Crippen LogP contribution in [0.5, 0.6) is 0 Å². The van der Waals surface area contributed by atoms with Gasteiger partial charge in [0, 0.05) is 21.8 Å². The quantitative estimate of drug-likeness (QED) is 0.637. The van der Waals surface area contributed by atoms with Crippen molar-refractivity contribution in [3.8, 4) is 11.3 Å².